The molecule has 9 nitrogen and oxygen atoms in total. The van der Waals surface area contributed by atoms with Gasteiger partial charge in [0.15, 0.2) is 5.69 Å². The Labute approximate surface area is 217 Å². The quantitative estimate of drug-likeness (QED) is 0.119. The number of hydrogen-bond acceptors (Lipinski definition) is 6. The summed E-state index contributed by atoms with van der Waals surface area (Å²) in [5.41, 5.74) is 2.74. The average molecular weight is 509 g/mol. The van der Waals surface area contributed by atoms with Gasteiger partial charge in [0.1, 0.15) is 5.75 Å². The molecule has 9 heteroatoms. The molecule has 1 amide bonds. The van der Waals surface area contributed by atoms with Gasteiger partial charge in [-0.05, 0) is 47.8 Å². The molecule has 0 saturated carbocycles. The zero-order valence-electron chi connectivity index (χ0n) is 22.4. The Balaban J connectivity index is 1.66. The SMILES string of the molecule is CCC(C)(C)c1ccc(OCCCC(=O)N=Nc2c(O)[nH]c3ccc([N+](=O)[O-])cc23)c(C(C)(C)CC)c1. The molecule has 37 heavy (non-hydrogen) atoms. The van der Waals surface area contributed by atoms with Crippen LogP contribution in [0.5, 0.6) is 11.6 Å². The molecule has 0 aliphatic heterocycles. The highest BCUT2D eigenvalue weighted by Gasteiger charge is 2.26. The molecule has 0 spiro atoms. The summed E-state index contributed by atoms with van der Waals surface area (Å²) in [6.07, 6.45) is 2.54. The molecule has 198 valence electrons. The lowest BCUT2D eigenvalue weighted by molar-refractivity contribution is -0.384. The van der Waals surface area contributed by atoms with Crippen LogP contribution in [0.25, 0.3) is 10.9 Å². The number of nitrogens with one attached hydrogen (secondary N) is 1. The largest absolute Gasteiger partial charge is 0.493 e. The Morgan fingerprint density at radius 3 is 2.43 bits per heavy atom. The predicted molar refractivity (Wildman–Crippen MR) is 144 cm³/mol. The summed E-state index contributed by atoms with van der Waals surface area (Å²) in [5.74, 6) is 0.0370. The standard InChI is InChI=1S/C28H36N4O5/c1-7-27(3,4)18-11-14-23(21(16-18)28(5,6)8-2)37-15-9-10-24(33)30-31-25-20-17-19(32(35)36)12-13-22(20)29-26(25)34/h11-14,16-17,29,34H,7-10,15H2,1-6H3. The number of ether oxygens (including phenoxy) is 1. The molecule has 0 unspecified atom stereocenters. The maximum atomic E-state index is 12.3. The fourth-order valence-corrected chi connectivity index (χ4v) is 3.93. The van der Waals surface area contributed by atoms with Crippen molar-refractivity contribution in [2.24, 2.45) is 10.2 Å². The van der Waals surface area contributed by atoms with Crippen molar-refractivity contribution < 1.29 is 19.6 Å². The first kappa shape index (κ1) is 27.8. The van der Waals surface area contributed by atoms with Gasteiger partial charge in [0.2, 0.25) is 5.88 Å². The van der Waals surface area contributed by atoms with Crippen LogP contribution in [0, 0.1) is 10.1 Å². The summed E-state index contributed by atoms with van der Waals surface area (Å²) in [4.78, 5) is 25.5. The number of fused-ring (bicyclic) bond motifs is 1. The van der Waals surface area contributed by atoms with E-state index in [2.05, 4.69) is 68.9 Å². The first-order valence-electron chi connectivity index (χ1n) is 12.6. The summed E-state index contributed by atoms with van der Waals surface area (Å²) >= 11 is 0. The van der Waals surface area contributed by atoms with Crippen LogP contribution in [0.2, 0.25) is 0 Å². The van der Waals surface area contributed by atoms with E-state index in [1.54, 1.807) is 0 Å². The topological polar surface area (TPSA) is 130 Å². The van der Waals surface area contributed by atoms with Gasteiger partial charge in [0.25, 0.3) is 11.6 Å². The van der Waals surface area contributed by atoms with Crippen molar-refractivity contribution >= 4 is 28.2 Å². The molecule has 0 aliphatic rings. The van der Waals surface area contributed by atoms with Gasteiger partial charge < -0.3 is 14.8 Å². The zero-order valence-corrected chi connectivity index (χ0v) is 22.4. The number of amides is 1. The third kappa shape index (κ3) is 6.34. The smallest absolute Gasteiger partial charge is 0.270 e. The number of nitro benzene ring substituents is 1. The molecule has 3 aromatic rings. The van der Waals surface area contributed by atoms with Crippen LogP contribution >= 0.6 is 0 Å². The third-order valence-electron chi connectivity index (χ3n) is 7.26. The van der Waals surface area contributed by atoms with Gasteiger partial charge >= 0.3 is 0 Å². The molecule has 1 aromatic heterocycles. The summed E-state index contributed by atoms with van der Waals surface area (Å²) in [7, 11) is 0. The van der Waals surface area contributed by atoms with Crippen molar-refractivity contribution in [3.63, 3.8) is 0 Å². The number of H-pyrrole nitrogens is 1. The summed E-state index contributed by atoms with van der Waals surface area (Å²) < 4.78 is 6.11. The van der Waals surface area contributed by atoms with E-state index in [0.717, 1.165) is 24.2 Å². The number of rotatable bonds is 11. The number of aromatic nitrogens is 1. The van der Waals surface area contributed by atoms with Crippen molar-refractivity contribution in [3.8, 4) is 11.6 Å². The minimum absolute atomic E-state index is 0.00941. The predicted octanol–water partition coefficient (Wildman–Crippen LogP) is 7.63. The molecule has 2 N–H and O–H groups in total. The van der Waals surface area contributed by atoms with Gasteiger partial charge in [-0.2, -0.15) is 0 Å². The van der Waals surface area contributed by atoms with Crippen LogP contribution in [0.1, 0.15) is 78.4 Å². The highest BCUT2D eigenvalue weighted by atomic mass is 16.6. The normalized spacial score (nSPS) is 12.4. The van der Waals surface area contributed by atoms with Crippen LogP contribution in [-0.2, 0) is 15.6 Å². The van der Waals surface area contributed by atoms with Gasteiger partial charge in [-0.25, -0.2) is 0 Å². The van der Waals surface area contributed by atoms with E-state index in [4.69, 9.17) is 4.74 Å². The number of carbonyl (C=O) groups excluding carboxylic acids is 1. The highest BCUT2D eigenvalue weighted by molar-refractivity contribution is 5.95. The molecule has 2 aromatic carbocycles. The molecule has 3 rings (SSSR count). The Morgan fingerprint density at radius 2 is 1.78 bits per heavy atom. The number of nitro groups is 1. The maximum Gasteiger partial charge on any atom is 0.270 e. The summed E-state index contributed by atoms with van der Waals surface area (Å²) in [6.45, 7) is 13.6. The van der Waals surface area contributed by atoms with Crippen LogP contribution in [0.15, 0.2) is 46.6 Å². The number of carbonyl (C=O) groups is 1. The fourth-order valence-electron chi connectivity index (χ4n) is 3.93. The molecule has 0 radical (unpaired) electrons. The molecule has 0 saturated heterocycles. The van der Waals surface area contributed by atoms with Crippen molar-refractivity contribution in [2.75, 3.05) is 6.61 Å². The van der Waals surface area contributed by atoms with Crippen molar-refractivity contribution in [1.82, 2.24) is 4.98 Å². The lowest BCUT2D eigenvalue weighted by Gasteiger charge is -2.30. The number of benzene rings is 2. The molecular formula is C28H36N4O5. The minimum atomic E-state index is -0.541. The number of non-ortho nitro benzene ring substituents is 1. The Kier molecular flexibility index (Phi) is 8.35. The van der Waals surface area contributed by atoms with E-state index in [-0.39, 0.29) is 34.5 Å². The minimum Gasteiger partial charge on any atom is -0.493 e. The number of azo groups is 1. The second kappa shape index (κ2) is 11.1. The Hall–Kier alpha value is -3.75. The van der Waals surface area contributed by atoms with Crippen LogP contribution in [0.4, 0.5) is 11.4 Å². The third-order valence-corrected chi connectivity index (χ3v) is 7.26. The van der Waals surface area contributed by atoms with Gasteiger partial charge in [-0.1, -0.05) is 53.7 Å². The number of hydrogen-bond donors (Lipinski definition) is 2. The van der Waals surface area contributed by atoms with Crippen LogP contribution in [0.3, 0.4) is 0 Å². The summed E-state index contributed by atoms with van der Waals surface area (Å²) in [5, 5.41) is 29.0. The lowest BCUT2D eigenvalue weighted by atomic mass is 9.76. The van der Waals surface area contributed by atoms with Crippen molar-refractivity contribution in [3.05, 3.63) is 57.6 Å². The zero-order chi connectivity index (χ0) is 27.4. The van der Waals surface area contributed by atoms with E-state index >= 15 is 0 Å². The first-order valence-corrected chi connectivity index (χ1v) is 12.6. The van der Waals surface area contributed by atoms with Gasteiger partial charge in [0, 0.05) is 29.5 Å². The second-order valence-electron chi connectivity index (χ2n) is 10.5. The number of aromatic hydroxyl groups is 1. The van der Waals surface area contributed by atoms with E-state index in [9.17, 15) is 20.0 Å². The molecular weight excluding hydrogens is 472 g/mol. The molecule has 0 fully saturated rings. The van der Waals surface area contributed by atoms with E-state index in [0.29, 0.717) is 23.9 Å². The number of nitrogens with zero attached hydrogens (tertiary/aromatic N) is 3. The fraction of sp³-hybridized carbons (Fsp3) is 0.464. The van der Waals surface area contributed by atoms with Gasteiger partial charge in [-0.15, -0.1) is 10.2 Å². The second-order valence-corrected chi connectivity index (χ2v) is 10.5. The van der Waals surface area contributed by atoms with Crippen molar-refractivity contribution in [2.45, 2.75) is 78.1 Å². The van der Waals surface area contributed by atoms with Crippen molar-refractivity contribution in [1.29, 1.82) is 0 Å². The van der Waals surface area contributed by atoms with E-state index in [1.807, 2.05) is 6.07 Å². The van der Waals surface area contributed by atoms with Crippen LogP contribution in [-0.4, -0.2) is 27.5 Å². The van der Waals surface area contributed by atoms with E-state index in [1.165, 1.54) is 23.8 Å². The highest BCUT2D eigenvalue weighted by Crippen LogP contribution is 2.39. The monoisotopic (exact) mass is 508 g/mol. The molecule has 0 bridgehead atoms. The Bertz CT molecular complexity index is 1320. The maximum absolute atomic E-state index is 12.3. The summed E-state index contributed by atoms with van der Waals surface area (Å²) in [6, 6.07) is 10.5. The molecule has 0 atom stereocenters. The first-order chi connectivity index (χ1) is 17.4. The van der Waals surface area contributed by atoms with Gasteiger partial charge in [-0.3, -0.25) is 14.9 Å². The Morgan fingerprint density at radius 1 is 1.08 bits per heavy atom. The van der Waals surface area contributed by atoms with E-state index < -0.39 is 10.8 Å². The average Bonchev–Trinajstić information content (AvgIpc) is 3.19. The number of aromatic amines is 1. The van der Waals surface area contributed by atoms with Gasteiger partial charge in [0.05, 0.1) is 17.0 Å². The molecule has 0 aliphatic carbocycles. The van der Waals surface area contributed by atoms with Crippen LogP contribution < -0.4 is 4.74 Å². The lowest BCUT2D eigenvalue weighted by Crippen LogP contribution is -2.21. The molecule has 1 heterocycles.